The van der Waals surface area contributed by atoms with Gasteiger partial charge in [-0.3, -0.25) is 14.5 Å². The Morgan fingerprint density at radius 3 is 2.47 bits per heavy atom. The van der Waals surface area contributed by atoms with E-state index in [4.69, 9.17) is 26.0 Å². The topological polar surface area (TPSA) is 95.6 Å². The molecule has 34 heavy (non-hydrogen) atoms. The van der Waals surface area contributed by atoms with E-state index in [1.807, 2.05) is 6.92 Å². The molecule has 3 aromatic rings. The molecule has 7 nitrogen and oxygen atoms in total. The largest absolute Gasteiger partial charge is 0.451 e. The molecule has 2 heterocycles. The maximum atomic E-state index is 12.8. The van der Waals surface area contributed by atoms with Crippen LogP contribution in [0, 0.1) is 18.3 Å². The number of ether oxygens (including phenoxy) is 1. The second-order valence-electron chi connectivity index (χ2n) is 7.62. The first kappa shape index (κ1) is 27.4. The van der Waals surface area contributed by atoms with Gasteiger partial charge < -0.3 is 14.5 Å². The number of morpholine rings is 1. The average molecular weight is 504 g/mol. The third-order valence-electron chi connectivity index (χ3n) is 5.32. The fourth-order valence-corrected chi connectivity index (χ4v) is 3.82. The predicted molar refractivity (Wildman–Crippen MR) is 135 cm³/mol. The number of carbonyl (C=O) groups is 1. The second-order valence-corrected chi connectivity index (χ2v) is 8.06. The molecule has 1 aliphatic rings. The van der Waals surface area contributed by atoms with Gasteiger partial charge in [0, 0.05) is 37.6 Å². The number of fused-ring (bicyclic) bond motifs is 1. The van der Waals surface area contributed by atoms with Crippen LogP contribution in [0.1, 0.15) is 34.6 Å². The zero-order valence-corrected chi connectivity index (χ0v) is 20.6. The van der Waals surface area contributed by atoms with Crippen LogP contribution in [0.4, 0.5) is 0 Å². The first-order valence-electron chi connectivity index (χ1n) is 10.6. The number of nitrogens with zero attached hydrogens (tertiary/aromatic N) is 2. The minimum absolute atomic E-state index is 0. The van der Waals surface area contributed by atoms with Crippen molar-refractivity contribution in [3.63, 3.8) is 0 Å². The van der Waals surface area contributed by atoms with Gasteiger partial charge in [0.15, 0.2) is 11.2 Å². The maximum absolute atomic E-state index is 12.8. The van der Waals surface area contributed by atoms with Crippen LogP contribution < -0.4 is 10.7 Å². The minimum Gasteiger partial charge on any atom is -0.451 e. The monoisotopic (exact) mass is 503 g/mol. The van der Waals surface area contributed by atoms with Crippen molar-refractivity contribution in [3.8, 4) is 6.07 Å². The molecule has 1 unspecified atom stereocenters. The van der Waals surface area contributed by atoms with Crippen molar-refractivity contribution in [2.75, 3.05) is 32.8 Å². The van der Waals surface area contributed by atoms with Crippen molar-refractivity contribution in [1.82, 2.24) is 10.2 Å². The summed E-state index contributed by atoms with van der Waals surface area (Å²) in [5.41, 5.74) is 2.34. The SMILES string of the molecule is CC#N.Cc1ccc(C(CNC(=O)c2cc(=O)c3cc(Cl)ccc3o2)N2CCOCC2)cc1.Cl. The fraction of sp³-hybridized carbons (Fsp3) is 0.320. The molecule has 1 fully saturated rings. The van der Waals surface area contributed by atoms with E-state index < -0.39 is 5.91 Å². The predicted octanol–water partition coefficient (Wildman–Crippen LogP) is 4.51. The summed E-state index contributed by atoms with van der Waals surface area (Å²) in [6, 6.07) is 16.0. The van der Waals surface area contributed by atoms with Gasteiger partial charge in [0.2, 0.25) is 0 Å². The zero-order valence-electron chi connectivity index (χ0n) is 19.0. The van der Waals surface area contributed by atoms with Crippen LogP contribution in [0.5, 0.6) is 0 Å². The summed E-state index contributed by atoms with van der Waals surface area (Å²) in [4.78, 5) is 27.4. The summed E-state index contributed by atoms with van der Waals surface area (Å²) in [6.45, 7) is 6.78. The third kappa shape index (κ3) is 7.05. The Labute approximate surface area is 209 Å². The molecule has 1 saturated heterocycles. The number of amides is 1. The lowest BCUT2D eigenvalue weighted by Gasteiger charge is -2.35. The van der Waals surface area contributed by atoms with Crippen LogP contribution in [0.3, 0.4) is 0 Å². The molecule has 0 bridgehead atoms. The van der Waals surface area contributed by atoms with E-state index in [0.717, 1.165) is 18.7 Å². The zero-order chi connectivity index (χ0) is 23.8. The molecule has 4 rings (SSSR count). The van der Waals surface area contributed by atoms with Gasteiger partial charge in [-0.05, 0) is 30.7 Å². The highest BCUT2D eigenvalue weighted by molar-refractivity contribution is 6.31. The van der Waals surface area contributed by atoms with E-state index in [9.17, 15) is 9.59 Å². The van der Waals surface area contributed by atoms with Crippen molar-refractivity contribution in [3.05, 3.63) is 80.7 Å². The molecule has 0 radical (unpaired) electrons. The lowest BCUT2D eigenvalue weighted by molar-refractivity contribution is 0.0161. The van der Waals surface area contributed by atoms with Crippen molar-refractivity contribution in [1.29, 1.82) is 5.26 Å². The quantitative estimate of drug-likeness (QED) is 0.550. The molecule has 1 atom stereocenters. The molecule has 9 heteroatoms. The second kappa shape index (κ2) is 13.1. The third-order valence-corrected chi connectivity index (χ3v) is 5.55. The Kier molecular flexibility index (Phi) is 10.6. The van der Waals surface area contributed by atoms with Gasteiger partial charge in [0.1, 0.15) is 5.58 Å². The molecular weight excluding hydrogens is 477 g/mol. The van der Waals surface area contributed by atoms with E-state index in [0.29, 0.717) is 35.8 Å². The van der Waals surface area contributed by atoms with Gasteiger partial charge in [-0.25, -0.2) is 0 Å². The van der Waals surface area contributed by atoms with Crippen molar-refractivity contribution < 1.29 is 13.9 Å². The van der Waals surface area contributed by atoms with Crippen molar-refractivity contribution in [2.45, 2.75) is 19.9 Å². The van der Waals surface area contributed by atoms with Crippen LogP contribution in [-0.2, 0) is 4.74 Å². The summed E-state index contributed by atoms with van der Waals surface area (Å²) >= 11 is 5.95. The summed E-state index contributed by atoms with van der Waals surface area (Å²) < 4.78 is 11.1. The number of aryl methyl sites for hydroxylation is 1. The molecule has 2 aromatic carbocycles. The van der Waals surface area contributed by atoms with Crippen LogP contribution in [0.15, 0.2) is 57.7 Å². The summed E-state index contributed by atoms with van der Waals surface area (Å²) in [6.07, 6.45) is 0. The number of nitriles is 1. The maximum Gasteiger partial charge on any atom is 0.287 e. The van der Waals surface area contributed by atoms with E-state index in [2.05, 4.69) is 34.5 Å². The Bertz CT molecular complexity index is 1200. The minimum atomic E-state index is -0.422. The van der Waals surface area contributed by atoms with E-state index in [1.165, 1.54) is 24.6 Å². The molecule has 1 N–H and O–H groups in total. The van der Waals surface area contributed by atoms with E-state index in [1.54, 1.807) is 18.2 Å². The molecule has 0 aliphatic carbocycles. The Morgan fingerprint density at radius 2 is 1.82 bits per heavy atom. The Balaban J connectivity index is 0.000000970. The Morgan fingerprint density at radius 1 is 1.18 bits per heavy atom. The lowest BCUT2D eigenvalue weighted by atomic mass is 10.0. The summed E-state index contributed by atoms with van der Waals surface area (Å²) in [5, 5.41) is 11.0. The summed E-state index contributed by atoms with van der Waals surface area (Å²) in [7, 11) is 0. The lowest BCUT2D eigenvalue weighted by Crippen LogP contribution is -2.43. The fourth-order valence-electron chi connectivity index (χ4n) is 3.65. The highest BCUT2D eigenvalue weighted by atomic mass is 35.5. The number of nitrogens with one attached hydrogen (secondary N) is 1. The molecular formula is C25H27Cl2N3O4. The van der Waals surface area contributed by atoms with Gasteiger partial charge in [0.05, 0.1) is 30.7 Å². The Hall–Kier alpha value is -2.89. The summed E-state index contributed by atoms with van der Waals surface area (Å²) in [5.74, 6) is -0.436. The van der Waals surface area contributed by atoms with E-state index in [-0.39, 0.29) is 29.6 Å². The molecule has 1 amide bonds. The number of benzene rings is 2. The smallest absolute Gasteiger partial charge is 0.287 e. The highest BCUT2D eigenvalue weighted by Crippen LogP contribution is 2.22. The first-order chi connectivity index (χ1) is 15.9. The number of rotatable bonds is 5. The molecule has 1 aromatic heterocycles. The molecule has 0 spiro atoms. The van der Waals surface area contributed by atoms with Crippen LogP contribution in [0.25, 0.3) is 11.0 Å². The van der Waals surface area contributed by atoms with Crippen molar-refractivity contribution in [2.24, 2.45) is 0 Å². The number of halogens is 2. The van der Waals surface area contributed by atoms with Crippen LogP contribution in [0.2, 0.25) is 5.02 Å². The first-order valence-corrected chi connectivity index (χ1v) is 11.0. The highest BCUT2D eigenvalue weighted by Gasteiger charge is 2.24. The number of carbonyl (C=O) groups excluding carboxylic acids is 1. The number of hydrogen-bond donors (Lipinski definition) is 1. The van der Waals surface area contributed by atoms with Gasteiger partial charge in [-0.15, -0.1) is 12.4 Å². The molecule has 1 aliphatic heterocycles. The van der Waals surface area contributed by atoms with Crippen LogP contribution in [-0.4, -0.2) is 43.7 Å². The van der Waals surface area contributed by atoms with E-state index >= 15 is 0 Å². The standard InChI is InChI=1S/C23H23ClN2O4.C2H3N.ClH/c1-15-2-4-16(5-3-15)19(26-8-10-29-11-9-26)14-25-23(28)22-13-20(27)18-12-17(24)6-7-21(18)30-22;1-2-3;/h2-7,12-13,19H,8-11,14H2,1H3,(H,25,28);1H3;1H. The van der Waals surface area contributed by atoms with Gasteiger partial charge >= 0.3 is 0 Å². The number of hydrogen-bond acceptors (Lipinski definition) is 6. The van der Waals surface area contributed by atoms with Gasteiger partial charge in [0.25, 0.3) is 5.91 Å². The van der Waals surface area contributed by atoms with Crippen molar-refractivity contribution >= 4 is 40.9 Å². The van der Waals surface area contributed by atoms with Crippen LogP contribution >= 0.6 is 24.0 Å². The normalized spacial score (nSPS) is 14.2. The van der Waals surface area contributed by atoms with Gasteiger partial charge in [-0.2, -0.15) is 5.26 Å². The average Bonchev–Trinajstić information content (AvgIpc) is 2.82. The van der Waals surface area contributed by atoms with Gasteiger partial charge in [-0.1, -0.05) is 41.4 Å². The molecule has 0 saturated carbocycles. The molecule has 180 valence electrons.